The normalized spacial score (nSPS) is 40.5. The van der Waals surface area contributed by atoms with Gasteiger partial charge in [0, 0.05) is 40.2 Å². The lowest BCUT2D eigenvalue weighted by Crippen LogP contribution is -2.69. The number of aliphatic hydroxyl groups is 2. The van der Waals surface area contributed by atoms with Crippen LogP contribution in [0.2, 0.25) is 0 Å². The number of hydrogen-bond acceptors (Lipinski definition) is 9. The van der Waals surface area contributed by atoms with Gasteiger partial charge in [-0.15, -0.1) is 0 Å². The quantitative estimate of drug-likeness (QED) is 0.344. The second-order valence-corrected chi connectivity index (χ2v) is 13.9. The molecule has 0 bridgehead atoms. The molecule has 1 aliphatic heterocycles. The minimum absolute atomic E-state index is 0.0248. The van der Waals surface area contributed by atoms with Crippen LogP contribution in [-0.4, -0.2) is 56.8 Å². The van der Waals surface area contributed by atoms with E-state index in [4.69, 9.17) is 15.2 Å². The number of ether oxygens (including phenoxy) is 2. The third-order valence-electron chi connectivity index (χ3n) is 11.8. The number of hydrogen-bond donors (Lipinski definition) is 4. The Morgan fingerprint density at radius 3 is 2.64 bits per heavy atom. The molecule has 0 amide bonds. The number of alkyl halides is 1. The fourth-order valence-corrected chi connectivity index (χ4v) is 9.44. The fourth-order valence-electron chi connectivity index (χ4n) is 9.44. The number of fused-ring (bicyclic) bond motifs is 7. The predicted molar refractivity (Wildman–Crippen MR) is 164 cm³/mol. The van der Waals surface area contributed by atoms with Crippen LogP contribution in [0.15, 0.2) is 66.4 Å². The van der Waals surface area contributed by atoms with Gasteiger partial charge in [-0.25, -0.2) is 9.37 Å². The predicted octanol–water partition coefficient (Wildman–Crippen LogP) is 4.53. The topological polar surface area (TPSA) is 144 Å². The first kappa shape index (κ1) is 30.2. The second kappa shape index (κ2) is 10.3. The number of aliphatic hydroxyl groups excluding tert-OH is 2. The third-order valence-corrected chi connectivity index (χ3v) is 11.8. The van der Waals surface area contributed by atoms with Gasteiger partial charge in [-0.3, -0.25) is 9.59 Å². The summed E-state index contributed by atoms with van der Waals surface area (Å²) in [7, 11) is 0. The first-order valence-corrected chi connectivity index (χ1v) is 15.7. The highest BCUT2D eigenvalue weighted by Crippen LogP contribution is 2.72. The molecule has 3 saturated carbocycles. The molecule has 45 heavy (non-hydrogen) atoms. The smallest absolute Gasteiger partial charge is 0.193 e. The summed E-state index contributed by atoms with van der Waals surface area (Å²) in [6, 6.07) is 11.2. The van der Waals surface area contributed by atoms with Crippen LogP contribution in [0.1, 0.15) is 69.9 Å². The van der Waals surface area contributed by atoms with Crippen LogP contribution < -0.4 is 11.1 Å². The van der Waals surface area contributed by atoms with Crippen molar-refractivity contribution in [3.63, 3.8) is 0 Å². The summed E-state index contributed by atoms with van der Waals surface area (Å²) in [5, 5.41) is 25.3. The van der Waals surface area contributed by atoms with Gasteiger partial charge in [0.05, 0.1) is 12.2 Å². The molecular weight excluding hydrogens is 577 g/mol. The van der Waals surface area contributed by atoms with E-state index < -0.39 is 58.9 Å². The minimum Gasteiger partial charge on any atom is -0.399 e. The molecular formula is C35H40FN3O6. The first-order valence-electron chi connectivity index (χ1n) is 15.7. The number of allylic oxidation sites excluding steroid dienone is 4. The number of halogens is 1. The number of nitrogens with one attached hydrogen (secondary N) is 1. The Kier molecular flexibility index (Phi) is 6.91. The summed E-state index contributed by atoms with van der Waals surface area (Å²) in [6.07, 6.45) is 4.24. The van der Waals surface area contributed by atoms with Crippen LogP contribution in [0.25, 0.3) is 0 Å². The monoisotopic (exact) mass is 617 g/mol. The molecule has 4 fully saturated rings. The largest absolute Gasteiger partial charge is 0.399 e. The van der Waals surface area contributed by atoms with Gasteiger partial charge in [-0.1, -0.05) is 30.7 Å². The van der Waals surface area contributed by atoms with Crippen LogP contribution in [0, 0.1) is 22.7 Å². The molecule has 10 atom stereocenters. The molecule has 2 heterocycles. The summed E-state index contributed by atoms with van der Waals surface area (Å²) in [5.41, 5.74) is 3.07. The number of ketones is 2. The van der Waals surface area contributed by atoms with E-state index in [0.717, 1.165) is 5.56 Å². The van der Waals surface area contributed by atoms with Crippen LogP contribution in [0.5, 0.6) is 0 Å². The molecule has 9 nitrogen and oxygen atoms in total. The number of anilines is 2. The van der Waals surface area contributed by atoms with E-state index in [9.17, 15) is 19.8 Å². The van der Waals surface area contributed by atoms with Crippen LogP contribution in [-0.2, 0) is 19.1 Å². The summed E-state index contributed by atoms with van der Waals surface area (Å²) in [6.45, 7) is 4.88. The Balaban J connectivity index is 1.16. The standard InChI is InChI=1S/C35H40FN3O6/c1-19(20-4-8-23(37)9-5-20)39-30-11-6-21(17-38-30)31-44-29-15-26-25-10-7-22-14-24(41)12-13-32(22,2)34(25,36)27(42)16-33(26,3)35(29,45-31)28(43)18-40/h4-6,8-9,11-14,17,19,25-27,29,31,40,42H,7,10,15-16,18,37H2,1-3H3,(H,38,39)/t19-,25-,26-,27-,29+,31+,32-,33-,34-,35+/m0/s1. The number of nitrogens with zero attached hydrogens (tertiary/aromatic N) is 1. The molecule has 1 saturated heterocycles. The van der Waals surface area contributed by atoms with Crippen LogP contribution in [0.3, 0.4) is 0 Å². The molecule has 2 aromatic rings. The summed E-state index contributed by atoms with van der Waals surface area (Å²) in [5.74, 6) is -1.04. The van der Waals surface area contributed by atoms with Gasteiger partial charge < -0.3 is 30.7 Å². The van der Waals surface area contributed by atoms with Crippen molar-refractivity contribution in [1.82, 2.24) is 4.98 Å². The Morgan fingerprint density at radius 2 is 1.96 bits per heavy atom. The van der Waals surface area contributed by atoms with E-state index in [1.807, 2.05) is 50.2 Å². The molecule has 1 aromatic heterocycles. The van der Waals surface area contributed by atoms with Crippen molar-refractivity contribution in [2.24, 2.45) is 22.7 Å². The number of Topliss-reactive ketones (excluding diaryl/α,β-unsaturated/α-hetero) is 1. The lowest BCUT2D eigenvalue weighted by molar-refractivity contribution is -0.231. The molecule has 4 aliphatic carbocycles. The second-order valence-electron chi connectivity index (χ2n) is 13.9. The molecule has 0 spiro atoms. The van der Waals surface area contributed by atoms with E-state index in [-0.39, 0.29) is 24.2 Å². The molecule has 0 unspecified atom stereocenters. The molecule has 5 N–H and O–H groups in total. The highest BCUT2D eigenvalue weighted by molar-refractivity contribution is 6.01. The van der Waals surface area contributed by atoms with E-state index in [0.29, 0.717) is 41.9 Å². The van der Waals surface area contributed by atoms with Crippen molar-refractivity contribution in [2.45, 2.75) is 82.3 Å². The number of pyridine rings is 1. The van der Waals surface area contributed by atoms with Crippen molar-refractivity contribution >= 4 is 23.1 Å². The minimum atomic E-state index is -2.05. The Hall–Kier alpha value is -3.44. The summed E-state index contributed by atoms with van der Waals surface area (Å²) >= 11 is 0. The van der Waals surface area contributed by atoms with Crippen molar-refractivity contribution in [3.8, 4) is 0 Å². The Labute approximate surface area is 261 Å². The van der Waals surface area contributed by atoms with Crippen LogP contribution in [0.4, 0.5) is 15.9 Å². The molecule has 238 valence electrons. The average Bonchev–Trinajstić information content (AvgIpc) is 3.52. The average molecular weight is 618 g/mol. The molecule has 0 radical (unpaired) electrons. The van der Waals surface area contributed by atoms with E-state index in [1.54, 1.807) is 19.2 Å². The lowest BCUT2D eigenvalue weighted by atomic mass is 9.44. The van der Waals surface area contributed by atoms with Crippen molar-refractivity contribution in [2.75, 3.05) is 17.7 Å². The van der Waals surface area contributed by atoms with Gasteiger partial charge in [0.1, 0.15) is 12.4 Å². The third kappa shape index (κ3) is 4.08. The van der Waals surface area contributed by atoms with Crippen molar-refractivity contribution in [3.05, 3.63) is 77.5 Å². The molecule has 5 aliphatic rings. The SMILES string of the molecule is C[C@H](Nc1ccc([C@@H]2O[C@@H]3C[C@H]4[C@@H]5CCC6=CC(=O)C=C[C@]6(C)[C@@]5(F)[C@@H](O)C[C@]4(C)[C@]3(C(=O)CO)O2)cn1)c1ccc(N)cc1. The number of benzene rings is 1. The zero-order valence-electron chi connectivity index (χ0n) is 25.7. The van der Waals surface area contributed by atoms with Gasteiger partial charge in [0.15, 0.2) is 29.1 Å². The highest BCUT2D eigenvalue weighted by atomic mass is 19.1. The fraction of sp³-hybridized carbons (Fsp3) is 0.514. The number of nitrogens with two attached hydrogens (primary N) is 1. The zero-order chi connectivity index (χ0) is 31.9. The maximum Gasteiger partial charge on any atom is 0.193 e. The number of carbonyl (C=O) groups is 2. The van der Waals surface area contributed by atoms with Gasteiger partial charge in [-0.2, -0.15) is 0 Å². The van der Waals surface area contributed by atoms with E-state index >= 15 is 4.39 Å². The molecule has 10 heteroatoms. The Bertz CT molecular complexity index is 1600. The summed E-state index contributed by atoms with van der Waals surface area (Å²) in [4.78, 5) is 30.4. The number of rotatable bonds is 6. The van der Waals surface area contributed by atoms with Gasteiger partial charge >= 0.3 is 0 Å². The number of carbonyl (C=O) groups excluding carboxylic acids is 2. The zero-order valence-corrected chi connectivity index (χ0v) is 25.7. The first-order chi connectivity index (χ1) is 21.4. The molecule has 7 rings (SSSR count). The number of nitrogen functional groups attached to an aromatic ring is 1. The van der Waals surface area contributed by atoms with Gasteiger partial charge in [0.2, 0.25) is 0 Å². The number of aromatic nitrogens is 1. The summed E-state index contributed by atoms with van der Waals surface area (Å²) < 4.78 is 30.6. The Morgan fingerprint density at radius 1 is 1.20 bits per heavy atom. The van der Waals surface area contributed by atoms with E-state index in [1.165, 1.54) is 12.2 Å². The van der Waals surface area contributed by atoms with Crippen LogP contribution >= 0.6 is 0 Å². The van der Waals surface area contributed by atoms with Crippen molar-refractivity contribution in [1.29, 1.82) is 0 Å². The van der Waals surface area contributed by atoms with E-state index in [2.05, 4.69) is 10.3 Å². The lowest BCUT2D eigenvalue weighted by Gasteiger charge is -2.62. The van der Waals surface area contributed by atoms with Gasteiger partial charge in [0.25, 0.3) is 0 Å². The van der Waals surface area contributed by atoms with Gasteiger partial charge in [-0.05, 0) is 87.4 Å². The van der Waals surface area contributed by atoms with Crippen molar-refractivity contribution < 1.29 is 33.7 Å². The maximum atomic E-state index is 17.6. The molecule has 1 aromatic carbocycles. The maximum absolute atomic E-state index is 17.6. The highest BCUT2D eigenvalue weighted by Gasteiger charge is 2.79.